The number of benzene rings is 1. The summed E-state index contributed by atoms with van der Waals surface area (Å²) in [7, 11) is -2.79. The zero-order valence-electron chi connectivity index (χ0n) is 33.8. The third kappa shape index (κ3) is 14.1. The van der Waals surface area contributed by atoms with Crippen LogP contribution < -0.4 is 0 Å². The molecule has 6 nitrogen and oxygen atoms in total. The maximum absolute atomic E-state index is 13.5. The van der Waals surface area contributed by atoms with Gasteiger partial charge in [0.1, 0.15) is 5.76 Å². The van der Waals surface area contributed by atoms with Crippen LogP contribution in [0.2, 0.25) is 36.3 Å². The van der Waals surface area contributed by atoms with Crippen molar-refractivity contribution in [2.45, 2.75) is 162 Å². The van der Waals surface area contributed by atoms with Gasteiger partial charge in [-0.15, -0.1) is 11.8 Å². The van der Waals surface area contributed by atoms with Gasteiger partial charge in [0.15, 0.2) is 16.6 Å². The predicted octanol–water partition coefficient (Wildman–Crippen LogP) is 12.1. The second-order valence-electron chi connectivity index (χ2n) is 17.2. The van der Waals surface area contributed by atoms with Gasteiger partial charge in [-0.25, -0.2) is 4.79 Å². The summed E-state index contributed by atoms with van der Waals surface area (Å²) in [5.74, 6) is 1.57. The highest BCUT2D eigenvalue weighted by Gasteiger charge is 2.45. The van der Waals surface area contributed by atoms with Gasteiger partial charge in [0.25, 0.3) is 0 Å². The van der Waals surface area contributed by atoms with Gasteiger partial charge in [-0.3, -0.25) is 4.79 Å². The minimum Gasteiger partial charge on any atom is -0.469 e. The molecule has 2 rings (SSSR count). The van der Waals surface area contributed by atoms with Gasteiger partial charge in [-0.05, 0) is 79.3 Å². The predicted molar refractivity (Wildman–Crippen MR) is 217 cm³/mol. The van der Waals surface area contributed by atoms with E-state index in [1.54, 1.807) is 23.9 Å². The van der Waals surface area contributed by atoms with Gasteiger partial charge < -0.3 is 18.3 Å². The second-order valence-corrected chi connectivity index (χ2v) is 27.9. The van der Waals surface area contributed by atoms with Crippen LogP contribution in [0.1, 0.15) is 124 Å². The number of esters is 2. The van der Waals surface area contributed by atoms with E-state index in [-0.39, 0.29) is 40.1 Å². The smallest absolute Gasteiger partial charge is 0.343 e. The average molecular weight is 747 g/mol. The number of rotatable bonds is 20. The molecule has 1 aromatic rings. The summed E-state index contributed by atoms with van der Waals surface area (Å²) in [6, 6.07) is 9.23. The fraction of sp³-hybridized carbons (Fsp3) is 0.707. The molecule has 0 fully saturated rings. The topological polar surface area (TPSA) is 71.1 Å². The maximum Gasteiger partial charge on any atom is 0.343 e. The van der Waals surface area contributed by atoms with Gasteiger partial charge in [0.2, 0.25) is 0 Å². The molecule has 0 saturated heterocycles. The lowest BCUT2D eigenvalue weighted by atomic mass is 9.96. The SMILES string of the molecule is CCCC[C@@H](C)C[C@@H](C=C[C@@H]1C(SCCCCCC(=O)OC)=C(OC(=O)c2ccccc2)C[C@H]1O[Si](C)(C)C(C)(C)C)O[Si](C)(C)C(C)(C)C. The number of methoxy groups -OCH3 is 1. The summed E-state index contributed by atoms with van der Waals surface area (Å²) in [6.45, 7) is 27.6. The van der Waals surface area contributed by atoms with Gasteiger partial charge >= 0.3 is 11.9 Å². The number of carbonyl (C=O) groups is 2. The highest BCUT2D eigenvalue weighted by Crippen LogP contribution is 2.47. The summed E-state index contributed by atoms with van der Waals surface area (Å²) >= 11 is 1.77. The third-order valence-corrected chi connectivity index (χ3v) is 21.1. The molecule has 1 aliphatic rings. The number of hydrogen-bond acceptors (Lipinski definition) is 7. The Labute approximate surface area is 312 Å². The molecule has 4 atom stereocenters. The van der Waals surface area contributed by atoms with Crippen molar-refractivity contribution < 1.29 is 27.9 Å². The van der Waals surface area contributed by atoms with Crippen LogP contribution in [0.4, 0.5) is 0 Å². The number of hydrogen-bond donors (Lipinski definition) is 0. The Balaban J connectivity index is 2.55. The Hall–Kier alpha value is -1.66. The second kappa shape index (κ2) is 20.0. The molecule has 0 bridgehead atoms. The van der Waals surface area contributed by atoms with E-state index < -0.39 is 16.6 Å². The first-order valence-corrected chi connectivity index (χ1v) is 25.8. The molecule has 9 heteroatoms. The molecule has 0 radical (unpaired) electrons. The van der Waals surface area contributed by atoms with Crippen LogP contribution in [0.25, 0.3) is 0 Å². The fourth-order valence-corrected chi connectivity index (χ4v) is 9.43. The summed E-state index contributed by atoms with van der Waals surface area (Å²) in [6.07, 6.45) is 12.7. The van der Waals surface area contributed by atoms with E-state index in [0.717, 1.165) is 42.1 Å². The standard InChI is InChI=1S/C41H70O6SSi2/c1-14-15-22-31(2)29-33(46-49(10,11)40(3,4)5)26-27-34-35(47-50(12,13)41(6,7)8)30-36(45-39(43)32-23-18-16-19-24-32)38(34)48-28-21-17-20-25-37(42)44-9/h16,18-19,23-24,26-27,31,33-35H,14-15,17,20-22,25,28-30H2,1-13H3/t31-,33-,34+,35-/m1/s1. The minimum atomic E-state index is -2.18. The van der Waals surface area contributed by atoms with Gasteiger partial charge in [0.05, 0.1) is 24.9 Å². The van der Waals surface area contributed by atoms with E-state index in [2.05, 4.69) is 93.7 Å². The largest absolute Gasteiger partial charge is 0.469 e. The summed E-state index contributed by atoms with van der Waals surface area (Å²) < 4.78 is 25.4. The Morgan fingerprint density at radius 1 is 0.940 bits per heavy atom. The molecule has 0 amide bonds. The monoisotopic (exact) mass is 746 g/mol. The summed E-state index contributed by atoms with van der Waals surface area (Å²) in [5.41, 5.74) is 0.539. The van der Waals surface area contributed by atoms with Crippen LogP contribution in [-0.4, -0.2) is 53.6 Å². The molecule has 0 N–H and O–H groups in total. The number of ether oxygens (including phenoxy) is 2. The van der Waals surface area contributed by atoms with Crippen molar-refractivity contribution in [2.75, 3.05) is 12.9 Å². The van der Waals surface area contributed by atoms with E-state index in [1.165, 1.54) is 26.4 Å². The highest BCUT2D eigenvalue weighted by molar-refractivity contribution is 8.03. The number of unbranched alkanes of at least 4 members (excludes halogenated alkanes) is 3. The van der Waals surface area contributed by atoms with E-state index >= 15 is 0 Å². The van der Waals surface area contributed by atoms with Crippen molar-refractivity contribution >= 4 is 40.3 Å². The Kier molecular flexibility index (Phi) is 17.8. The molecule has 0 aromatic heterocycles. The normalized spacial score (nSPS) is 18.8. The molecule has 0 aliphatic heterocycles. The van der Waals surface area contributed by atoms with Crippen LogP contribution in [-0.2, 0) is 23.1 Å². The minimum absolute atomic E-state index is 0.00300. The maximum atomic E-state index is 13.5. The van der Waals surface area contributed by atoms with E-state index in [9.17, 15) is 9.59 Å². The first-order valence-electron chi connectivity index (χ1n) is 19.0. The van der Waals surface area contributed by atoms with E-state index in [4.69, 9.17) is 18.3 Å². The van der Waals surface area contributed by atoms with Crippen LogP contribution in [0.15, 0.2) is 53.1 Å². The fourth-order valence-electron chi connectivity index (χ4n) is 5.52. The lowest BCUT2D eigenvalue weighted by molar-refractivity contribution is -0.140. The molecular formula is C41H70O6SSi2. The lowest BCUT2D eigenvalue weighted by Gasteiger charge is -2.40. The highest BCUT2D eigenvalue weighted by atomic mass is 32.2. The Morgan fingerprint density at radius 2 is 1.58 bits per heavy atom. The van der Waals surface area contributed by atoms with E-state index in [1.807, 2.05) is 18.2 Å². The van der Waals surface area contributed by atoms with Crippen molar-refractivity contribution in [3.63, 3.8) is 0 Å². The van der Waals surface area contributed by atoms with Crippen LogP contribution in [0, 0.1) is 11.8 Å². The Morgan fingerprint density at radius 3 is 2.16 bits per heavy atom. The molecule has 0 unspecified atom stereocenters. The Bertz CT molecular complexity index is 1260. The molecule has 0 heterocycles. The van der Waals surface area contributed by atoms with Crippen molar-refractivity contribution in [3.05, 3.63) is 58.7 Å². The van der Waals surface area contributed by atoms with Crippen molar-refractivity contribution in [2.24, 2.45) is 11.8 Å². The van der Waals surface area contributed by atoms with Gasteiger partial charge in [0, 0.05) is 23.7 Å². The molecule has 284 valence electrons. The summed E-state index contributed by atoms with van der Waals surface area (Å²) in [4.78, 5) is 26.2. The van der Waals surface area contributed by atoms with Crippen molar-refractivity contribution in [3.8, 4) is 0 Å². The van der Waals surface area contributed by atoms with Crippen molar-refractivity contribution in [1.82, 2.24) is 0 Å². The molecule has 1 aromatic carbocycles. The molecule has 1 aliphatic carbocycles. The molecule has 50 heavy (non-hydrogen) atoms. The lowest BCUT2D eigenvalue weighted by Crippen LogP contribution is -2.45. The zero-order valence-corrected chi connectivity index (χ0v) is 36.6. The van der Waals surface area contributed by atoms with E-state index in [0.29, 0.717) is 24.3 Å². The third-order valence-electron chi connectivity index (χ3n) is 10.8. The van der Waals surface area contributed by atoms with Crippen molar-refractivity contribution in [1.29, 1.82) is 0 Å². The number of carbonyl (C=O) groups excluding carboxylic acids is 2. The van der Waals surface area contributed by atoms with Gasteiger partial charge in [-0.2, -0.15) is 0 Å². The van der Waals surface area contributed by atoms with Gasteiger partial charge in [-0.1, -0.05) is 111 Å². The first kappa shape index (κ1) is 44.5. The van der Waals surface area contributed by atoms with Crippen LogP contribution in [0.3, 0.4) is 0 Å². The number of thioether (sulfide) groups is 1. The quantitative estimate of drug-likeness (QED) is 0.0569. The molecule has 0 saturated carbocycles. The first-order chi connectivity index (χ1) is 23.2. The van der Waals surface area contributed by atoms with Crippen LogP contribution >= 0.6 is 11.8 Å². The average Bonchev–Trinajstić information content (AvgIpc) is 3.33. The summed E-state index contributed by atoms with van der Waals surface area (Å²) in [5, 5.41) is 0.126. The van der Waals surface area contributed by atoms with Crippen LogP contribution in [0.5, 0.6) is 0 Å². The zero-order chi connectivity index (χ0) is 37.8. The molecular weight excluding hydrogens is 677 g/mol. The molecule has 0 spiro atoms.